The lowest BCUT2D eigenvalue weighted by Gasteiger charge is -2.12. The van der Waals surface area contributed by atoms with Crippen molar-refractivity contribution in [1.29, 1.82) is 0 Å². The molecule has 1 aromatic heterocycles. The molecule has 0 radical (unpaired) electrons. The van der Waals surface area contributed by atoms with Crippen LogP contribution < -0.4 is 10.6 Å². The van der Waals surface area contributed by atoms with E-state index < -0.39 is 0 Å². The molecule has 0 aliphatic heterocycles. The maximum Gasteiger partial charge on any atom is 0.150 e. The molecule has 7 heteroatoms. The lowest BCUT2D eigenvalue weighted by atomic mass is 10.3. The van der Waals surface area contributed by atoms with Gasteiger partial charge < -0.3 is 10.6 Å². The first-order valence-corrected chi connectivity index (χ1v) is 8.33. The third kappa shape index (κ3) is 3.95. The average Bonchev–Trinajstić information content (AvgIpc) is 2.42. The highest BCUT2D eigenvalue weighted by Gasteiger charge is 2.10. The van der Waals surface area contributed by atoms with Gasteiger partial charge in [0.2, 0.25) is 0 Å². The van der Waals surface area contributed by atoms with Gasteiger partial charge >= 0.3 is 0 Å². The predicted octanol–water partition coefficient (Wildman–Crippen LogP) is 5.06. The Morgan fingerprint density at radius 3 is 2.75 bits per heavy atom. The first-order chi connectivity index (χ1) is 9.61. The third-order valence-electron chi connectivity index (χ3n) is 2.52. The summed E-state index contributed by atoms with van der Waals surface area (Å²) in [5.41, 5.74) is 0.813. The van der Waals surface area contributed by atoms with Gasteiger partial charge in [0.1, 0.15) is 22.4 Å². The summed E-state index contributed by atoms with van der Waals surface area (Å²) in [4.78, 5) is 8.45. The van der Waals surface area contributed by atoms with Crippen LogP contribution in [-0.2, 0) is 0 Å². The van der Waals surface area contributed by atoms with Crippen LogP contribution in [0.1, 0.15) is 13.3 Å². The van der Waals surface area contributed by atoms with Crippen molar-refractivity contribution in [2.45, 2.75) is 13.3 Å². The second-order valence-corrected chi connectivity index (χ2v) is 6.51. The van der Waals surface area contributed by atoms with Gasteiger partial charge in [0.25, 0.3) is 0 Å². The van der Waals surface area contributed by atoms with E-state index in [-0.39, 0.29) is 0 Å². The number of nitrogens with one attached hydrogen (secondary N) is 2. The Morgan fingerprint density at radius 1 is 1.30 bits per heavy atom. The van der Waals surface area contributed by atoms with Gasteiger partial charge in [-0.3, -0.25) is 0 Å². The lowest BCUT2D eigenvalue weighted by molar-refractivity contribution is 0.962. The first-order valence-electron chi connectivity index (χ1n) is 6.08. The first kappa shape index (κ1) is 15.8. The zero-order chi connectivity index (χ0) is 14.5. The highest BCUT2D eigenvalue weighted by atomic mass is 127. The molecule has 4 nitrogen and oxygen atoms in total. The molecule has 1 heterocycles. The van der Waals surface area contributed by atoms with E-state index in [2.05, 4.69) is 66.0 Å². The van der Waals surface area contributed by atoms with Gasteiger partial charge in [0, 0.05) is 10.1 Å². The Balaban J connectivity index is 2.24. The molecule has 20 heavy (non-hydrogen) atoms. The minimum atomic E-state index is 0.658. The van der Waals surface area contributed by atoms with Crippen LogP contribution in [0.5, 0.6) is 0 Å². The number of halogens is 3. The molecule has 0 fully saturated rings. The fourth-order valence-electron chi connectivity index (χ4n) is 1.54. The Morgan fingerprint density at radius 2 is 2.05 bits per heavy atom. The molecule has 2 aromatic rings. The van der Waals surface area contributed by atoms with Crippen molar-refractivity contribution >= 4 is 67.4 Å². The molecule has 0 aliphatic rings. The van der Waals surface area contributed by atoms with Gasteiger partial charge in [-0.2, -0.15) is 0 Å². The van der Waals surface area contributed by atoms with Crippen molar-refractivity contribution in [1.82, 2.24) is 9.97 Å². The molecule has 2 N–H and O–H groups in total. The number of aromatic nitrogens is 2. The SMILES string of the molecule is CCCNc1ncnc(Nc2ccc(I)cc2Cl)c1Br. The summed E-state index contributed by atoms with van der Waals surface area (Å²) in [5, 5.41) is 7.11. The summed E-state index contributed by atoms with van der Waals surface area (Å²) < 4.78 is 1.88. The maximum atomic E-state index is 6.21. The van der Waals surface area contributed by atoms with Gasteiger partial charge in [0.05, 0.1) is 10.7 Å². The Kier molecular flexibility index (Phi) is 5.86. The molecular weight excluding hydrogens is 454 g/mol. The minimum absolute atomic E-state index is 0.658. The van der Waals surface area contributed by atoms with E-state index in [1.807, 2.05) is 18.2 Å². The van der Waals surface area contributed by atoms with Gasteiger partial charge in [-0.15, -0.1) is 0 Å². The Labute approximate surface area is 145 Å². The second-order valence-electron chi connectivity index (χ2n) is 4.06. The quantitative estimate of drug-likeness (QED) is 0.604. The molecule has 0 bridgehead atoms. The fraction of sp³-hybridized carbons (Fsp3) is 0.231. The van der Waals surface area contributed by atoms with E-state index in [4.69, 9.17) is 11.6 Å². The molecule has 1 aromatic carbocycles. The number of rotatable bonds is 5. The number of nitrogens with zero attached hydrogens (tertiary/aromatic N) is 2. The summed E-state index contributed by atoms with van der Waals surface area (Å²) in [6, 6.07) is 5.81. The molecule has 0 atom stereocenters. The number of hydrogen-bond donors (Lipinski definition) is 2. The third-order valence-corrected chi connectivity index (χ3v) is 4.25. The summed E-state index contributed by atoms with van der Waals surface area (Å²) in [5.74, 6) is 1.45. The molecule has 2 rings (SSSR count). The lowest BCUT2D eigenvalue weighted by Crippen LogP contribution is -2.05. The van der Waals surface area contributed by atoms with Crippen LogP contribution >= 0.6 is 50.1 Å². The van der Waals surface area contributed by atoms with E-state index >= 15 is 0 Å². The van der Waals surface area contributed by atoms with E-state index in [0.717, 1.165) is 32.5 Å². The molecule has 0 unspecified atom stereocenters. The van der Waals surface area contributed by atoms with Crippen LogP contribution in [0.15, 0.2) is 29.0 Å². The summed E-state index contributed by atoms with van der Waals surface area (Å²) in [6.07, 6.45) is 2.55. The van der Waals surface area contributed by atoms with Crippen LogP contribution in [0, 0.1) is 3.57 Å². The van der Waals surface area contributed by atoms with Crippen LogP contribution in [0.25, 0.3) is 0 Å². The normalized spacial score (nSPS) is 10.4. The Hall–Kier alpha value is -0.600. The van der Waals surface area contributed by atoms with Crippen LogP contribution in [0.2, 0.25) is 5.02 Å². The van der Waals surface area contributed by atoms with E-state index in [1.165, 1.54) is 6.33 Å². The molecule has 0 spiro atoms. The minimum Gasteiger partial charge on any atom is -0.369 e. The average molecular weight is 468 g/mol. The Bertz CT molecular complexity index is 609. The largest absolute Gasteiger partial charge is 0.369 e. The molecular formula is C13H13BrClIN4. The summed E-state index contributed by atoms with van der Waals surface area (Å²) in [6.45, 7) is 2.96. The maximum absolute atomic E-state index is 6.21. The van der Waals surface area contributed by atoms with Gasteiger partial charge in [-0.05, 0) is 63.1 Å². The van der Waals surface area contributed by atoms with Crippen molar-refractivity contribution in [3.05, 3.63) is 37.6 Å². The van der Waals surface area contributed by atoms with Crippen molar-refractivity contribution in [2.75, 3.05) is 17.2 Å². The van der Waals surface area contributed by atoms with Crippen molar-refractivity contribution in [3.63, 3.8) is 0 Å². The van der Waals surface area contributed by atoms with Crippen molar-refractivity contribution in [3.8, 4) is 0 Å². The molecule has 0 aliphatic carbocycles. The summed E-state index contributed by atoms with van der Waals surface area (Å²) in [7, 11) is 0. The van der Waals surface area contributed by atoms with Crippen molar-refractivity contribution < 1.29 is 0 Å². The van der Waals surface area contributed by atoms with E-state index in [0.29, 0.717) is 10.8 Å². The second kappa shape index (κ2) is 7.42. The number of benzene rings is 1. The van der Waals surface area contributed by atoms with Crippen LogP contribution in [-0.4, -0.2) is 16.5 Å². The monoisotopic (exact) mass is 466 g/mol. The number of anilines is 3. The van der Waals surface area contributed by atoms with Crippen LogP contribution in [0.3, 0.4) is 0 Å². The zero-order valence-corrected chi connectivity index (χ0v) is 15.3. The van der Waals surface area contributed by atoms with E-state index in [9.17, 15) is 0 Å². The molecule has 0 amide bonds. The molecule has 0 saturated carbocycles. The van der Waals surface area contributed by atoms with Crippen LogP contribution in [0.4, 0.5) is 17.3 Å². The highest BCUT2D eigenvalue weighted by Crippen LogP contribution is 2.32. The van der Waals surface area contributed by atoms with Crippen molar-refractivity contribution in [2.24, 2.45) is 0 Å². The topological polar surface area (TPSA) is 49.8 Å². The summed E-state index contributed by atoms with van der Waals surface area (Å²) >= 11 is 12.0. The zero-order valence-electron chi connectivity index (χ0n) is 10.8. The van der Waals surface area contributed by atoms with Gasteiger partial charge in [-0.1, -0.05) is 18.5 Å². The van der Waals surface area contributed by atoms with Gasteiger partial charge in [0.15, 0.2) is 0 Å². The molecule has 106 valence electrons. The number of hydrogen-bond acceptors (Lipinski definition) is 4. The standard InChI is InChI=1S/C13H13BrClIN4/c1-2-5-17-12-11(14)13(19-7-18-12)20-10-4-3-8(16)6-9(10)15/h3-4,6-7H,2,5H2,1H3,(H2,17,18,19,20). The molecule has 0 saturated heterocycles. The fourth-order valence-corrected chi connectivity index (χ4v) is 2.89. The smallest absolute Gasteiger partial charge is 0.150 e. The van der Waals surface area contributed by atoms with E-state index in [1.54, 1.807) is 0 Å². The predicted molar refractivity (Wildman–Crippen MR) is 96.0 cm³/mol. The highest BCUT2D eigenvalue weighted by molar-refractivity contribution is 14.1. The van der Waals surface area contributed by atoms with Gasteiger partial charge in [-0.25, -0.2) is 9.97 Å².